The molecule has 7 rings (SSSR count). The largest absolute Gasteiger partial charge is 0.494 e. The first-order valence-corrected chi connectivity index (χ1v) is 17.2. The average Bonchev–Trinajstić information content (AvgIpc) is 3.54. The molecule has 3 aromatic heterocycles. The lowest BCUT2D eigenvalue weighted by atomic mass is 10.0. The van der Waals surface area contributed by atoms with E-state index < -0.39 is 7.92 Å². The molecule has 0 radical (unpaired) electrons. The Morgan fingerprint density at radius 3 is 2.44 bits per heavy atom. The van der Waals surface area contributed by atoms with Crippen LogP contribution in [0, 0.1) is 0 Å². The summed E-state index contributed by atoms with van der Waals surface area (Å²) in [7, 11) is 3.39. The number of likely N-dealkylation sites (N-methyl/N-ethyl adjacent to an activating group) is 1. The zero-order valence-electron chi connectivity index (χ0n) is 25.9. The first-order chi connectivity index (χ1) is 22.0. The number of aromatic nitrogens is 5. The molecule has 1 saturated heterocycles. The SMILES string of the molecule is COc1cc(N2CCN(C)CC2)c(-c2ccccc2)cc1Nc1nc(Nc2ccc3nccnc3c2P(C)C)c2cc[nH]c2n1. The topological polar surface area (TPSA) is 107 Å². The minimum Gasteiger partial charge on any atom is -0.494 e. The summed E-state index contributed by atoms with van der Waals surface area (Å²) in [5, 5.41) is 9.16. The van der Waals surface area contributed by atoms with Crippen LogP contribution in [0.4, 0.5) is 28.8 Å². The fourth-order valence-corrected chi connectivity index (χ4v) is 7.12. The first kappa shape index (κ1) is 29.0. The molecule has 228 valence electrons. The van der Waals surface area contributed by atoms with Crippen LogP contribution in [-0.4, -0.2) is 83.5 Å². The van der Waals surface area contributed by atoms with Gasteiger partial charge < -0.3 is 30.2 Å². The Labute approximate surface area is 263 Å². The number of anilines is 5. The minimum absolute atomic E-state index is 0.453. The molecule has 4 heterocycles. The van der Waals surface area contributed by atoms with Gasteiger partial charge in [0, 0.05) is 73.1 Å². The van der Waals surface area contributed by atoms with E-state index in [1.54, 1.807) is 19.5 Å². The second kappa shape index (κ2) is 12.3. The lowest BCUT2D eigenvalue weighted by molar-refractivity contribution is 0.313. The van der Waals surface area contributed by atoms with Crippen molar-refractivity contribution in [1.82, 2.24) is 29.8 Å². The summed E-state index contributed by atoms with van der Waals surface area (Å²) in [6, 6.07) is 20.8. The van der Waals surface area contributed by atoms with Crippen LogP contribution in [0.15, 0.2) is 79.3 Å². The molecule has 0 saturated carbocycles. The van der Waals surface area contributed by atoms with Crippen LogP contribution in [0.1, 0.15) is 0 Å². The van der Waals surface area contributed by atoms with Crippen LogP contribution in [-0.2, 0) is 0 Å². The number of methoxy groups -OCH3 is 1. The Morgan fingerprint density at radius 2 is 1.67 bits per heavy atom. The molecule has 1 fully saturated rings. The number of aromatic amines is 1. The molecule has 1 aliphatic rings. The van der Waals surface area contributed by atoms with Crippen molar-refractivity contribution < 1.29 is 4.74 Å². The van der Waals surface area contributed by atoms with E-state index >= 15 is 0 Å². The fourth-order valence-electron chi connectivity index (χ4n) is 5.91. The molecule has 1 aliphatic heterocycles. The highest BCUT2D eigenvalue weighted by Crippen LogP contribution is 2.41. The van der Waals surface area contributed by atoms with Gasteiger partial charge in [-0.25, -0.2) is 0 Å². The van der Waals surface area contributed by atoms with Crippen molar-refractivity contribution in [2.75, 3.05) is 69.2 Å². The monoisotopic (exact) mass is 617 g/mol. The van der Waals surface area contributed by atoms with E-state index in [4.69, 9.17) is 14.7 Å². The van der Waals surface area contributed by atoms with Crippen molar-refractivity contribution in [1.29, 1.82) is 0 Å². The van der Waals surface area contributed by atoms with Crippen LogP contribution in [0.25, 0.3) is 33.2 Å². The van der Waals surface area contributed by atoms with E-state index in [0.717, 1.165) is 87.5 Å². The summed E-state index contributed by atoms with van der Waals surface area (Å²) in [4.78, 5) is 27.1. The predicted octanol–water partition coefficient (Wildman–Crippen LogP) is 6.18. The molecular weight excluding hydrogens is 581 g/mol. The Balaban J connectivity index is 1.30. The van der Waals surface area contributed by atoms with Gasteiger partial charge >= 0.3 is 0 Å². The maximum atomic E-state index is 5.95. The zero-order chi connectivity index (χ0) is 30.9. The molecule has 0 unspecified atom stereocenters. The van der Waals surface area contributed by atoms with E-state index in [1.807, 2.05) is 24.4 Å². The second-order valence-electron chi connectivity index (χ2n) is 11.4. The minimum atomic E-state index is -0.491. The molecule has 0 aliphatic carbocycles. The molecule has 6 aromatic rings. The van der Waals surface area contributed by atoms with Crippen molar-refractivity contribution >= 4 is 64.1 Å². The summed E-state index contributed by atoms with van der Waals surface area (Å²) in [6.45, 7) is 8.39. The Morgan fingerprint density at radius 1 is 0.867 bits per heavy atom. The third-order valence-electron chi connectivity index (χ3n) is 8.22. The standard InChI is InChI=1S/C34H36N9OP/c1-42-16-18-43(19-17-42)28-21-29(44-2)27(20-24(28)22-8-6-5-7-9-22)39-34-40-32-23(12-13-37-32)33(41-34)38-26-11-10-25-30(31(26)45(3)4)36-15-14-35-25/h5-15,20-21H,16-19H2,1-4H3,(H3,37,38,39,40,41). The van der Waals surface area contributed by atoms with Gasteiger partial charge in [-0.2, -0.15) is 9.97 Å². The lowest BCUT2D eigenvalue weighted by Gasteiger charge is -2.35. The van der Waals surface area contributed by atoms with Gasteiger partial charge in [-0.3, -0.25) is 9.97 Å². The molecular formula is C34H36N9OP. The number of hydrogen-bond acceptors (Lipinski definition) is 9. The van der Waals surface area contributed by atoms with E-state index in [9.17, 15) is 0 Å². The number of piperazine rings is 1. The highest BCUT2D eigenvalue weighted by molar-refractivity contribution is 7.65. The normalized spacial score (nSPS) is 13.9. The van der Waals surface area contributed by atoms with Crippen LogP contribution < -0.4 is 25.6 Å². The average molecular weight is 618 g/mol. The summed E-state index contributed by atoms with van der Waals surface area (Å²) in [5.41, 5.74) is 7.70. The molecule has 10 nitrogen and oxygen atoms in total. The number of benzene rings is 3. The Hall–Kier alpha value is -4.79. The van der Waals surface area contributed by atoms with Gasteiger partial charge in [0.25, 0.3) is 0 Å². The molecule has 0 amide bonds. The van der Waals surface area contributed by atoms with Crippen LogP contribution >= 0.6 is 7.92 Å². The number of fused-ring (bicyclic) bond motifs is 2. The molecule has 0 spiro atoms. The van der Waals surface area contributed by atoms with Gasteiger partial charge in [-0.15, -0.1) is 0 Å². The van der Waals surface area contributed by atoms with E-state index in [-0.39, 0.29) is 0 Å². The van der Waals surface area contributed by atoms with Crippen molar-refractivity contribution in [3.8, 4) is 16.9 Å². The van der Waals surface area contributed by atoms with Crippen LogP contribution in [0.5, 0.6) is 5.75 Å². The van der Waals surface area contributed by atoms with Gasteiger partial charge in [-0.05, 0) is 50.2 Å². The van der Waals surface area contributed by atoms with Crippen molar-refractivity contribution in [3.05, 3.63) is 79.3 Å². The molecule has 3 aromatic carbocycles. The number of nitrogens with zero attached hydrogens (tertiary/aromatic N) is 6. The van der Waals surface area contributed by atoms with Crippen LogP contribution in [0.3, 0.4) is 0 Å². The third kappa shape index (κ3) is 5.75. The zero-order valence-corrected chi connectivity index (χ0v) is 26.8. The van der Waals surface area contributed by atoms with E-state index in [0.29, 0.717) is 11.8 Å². The number of nitrogens with one attached hydrogen (secondary N) is 3. The maximum Gasteiger partial charge on any atom is 0.231 e. The smallest absolute Gasteiger partial charge is 0.231 e. The maximum absolute atomic E-state index is 5.95. The summed E-state index contributed by atoms with van der Waals surface area (Å²) in [6.07, 6.45) is 5.36. The number of H-pyrrole nitrogens is 1. The third-order valence-corrected chi connectivity index (χ3v) is 9.57. The van der Waals surface area contributed by atoms with Crippen molar-refractivity contribution in [2.45, 2.75) is 0 Å². The second-order valence-corrected chi connectivity index (χ2v) is 13.6. The van der Waals surface area contributed by atoms with Gasteiger partial charge in [0.15, 0.2) is 0 Å². The van der Waals surface area contributed by atoms with Gasteiger partial charge in [0.2, 0.25) is 5.95 Å². The van der Waals surface area contributed by atoms with Crippen molar-refractivity contribution in [3.63, 3.8) is 0 Å². The number of ether oxygens (including phenoxy) is 1. The fraction of sp³-hybridized carbons (Fsp3) is 0.235. The molecule has 45 heavy (non-hydrogen) atoms. The van der Waals surface area contributed by atoms with Gasteiger partial charge in [0.1, 0.15) is 17.2 Å². The highest BCUT2D eigenvalue weighted by Gasteiger charge is 2.22. The van der Waals surface area contributed by atoms with Crippen molar-refractivity contribution in [2.24, 2.45) is 0 Å². The van der Waals surface area contributed by atoms with Gasteiger partial charge in [0.05, 0.1) is 29.2 Å². The van der Waals surface area contributed by atoms with E-state index in [1.165, 1.54) is 0 Å². The highest BCUT2D eigenvalue weighted by atomic mass is 31.1. The summed E-state index contributed by atoms with van der Waals surface area (Å²) < 4.78 is 5.95. The van der Waals surface area contributed by atoms with Crippen LogP contribution in [0.2, 0.25) is 0 Å². The lowest BCUT2D eigenvalue weighted by Crippen LogP contribution is -2.44. The Bertz CT molecular complexity index is 1970. The molecule has 11 heteroatoms. The number of rotatable bonds is 8. The van der Waals surface area contributed by atoms with Gasteiger partial charge in [-0.1, -0.05) is 38.3 Å². The van der Waals surface area contributed by atoms with E-state index in [2.05, 4.69) is 98.2 Å². The molecule has 0 atom stereocenters. The first-order valence-electron chi connectivity index (χ1n) is 15.0. The Kier molecular flexibility index (Phi) is 7.92. The molecule has 3 N–H and O–H groups in total. The summed E-state index contributed by atoms with van der Waals surface area (Å²) in [5.74, 6) is 1.88. The summed E-state index contributed by atoms with van der Waals surface area (Å²) >= 11 is 0. The number of hydrogen-bond donors (Lipinski definition) is 3. The quantitative estimate of drug-likeness (QED) is 0.173. The molecule has 0 bridgehead atoms. The predicted molar refractivity (Wildman–Crippen MR) is 187 cm³/mol.